The number of benzene rings is 1. The molecule has 0 aliphatic heterocycles. The van der Waals surface area contributed by atoms with Crippen molar-refractivity contribution in [2.45, 2.75) is 33.7 Å². The van der Waals surface area contributed by atoms with Crippen LogP contribution >= 0.6 is 0 Å². The number of rotatable bonds is 13. The molecule has 0 unspecified atom stereocenters. The second-order valence-electron chi connectivity index (χ2n) is 6.62. The lowest BCUT2D eigenvalue weighted by atomic mass is 10.1. The Kier molecular flexibility index (Phi) is 11.6. The number of guanidine groups is 1. The first kappa shape index (κ1) is 25.2. The average molecular weight is 429 g/mol. The quantitative estimate of drug-likeness (QED) is 0.283. The maximum Gasteiger partial charge on any atom is 0.211 e. The summed E-state index contributed by atoms with van der Waals surface area (Å²) in [6.07, 6.45) is 1.93. The Morgan fingerprint density at radius 3 is 2.59 bits per heavy atom. The van der Waals surface area contributed by atoms with Crippen LogP contribution in [0.5, 0.6) is 5.75 Å². The summed E-state index contributed by atoms with van der Waals surface area (Å²) in [7, 11) is -1.44. The summed E-state index contributed by atoms with van der Waals surface area (Å²) in [5.74, 6) is 1.49. The molecule has 0 aliphatic carbocycles. The SMILES string of the molecule is CCOCCOc1cc(C)ccc1CNC(=NC)NCCCN(CC)S(C)(=O)=O. The van der Waals surface area contributed by atoms with Gasteiger partial charge in [0, 0.05) is 45.4 Å². The number of aryl methyl sites for hydroxylation is 1. The Labute approximate surface area is 175 Å². The highest BCUT2D eigenvalue weighted by Gasteiger charge is 2.13. The summed E-state index contributed by atoms with van der Waals surface area (Å²) in [6, 6.07) is 6.10. The zero-order valence-electron chi connectivity index (χ0n) is 18.3. The van der Waals surface area contributed by atoms with Crippen molar-refractivity contribution >= 4 is 16.0 Å². The molecule has 0 saturated carbocycles. The second-order valence-corrected chi connectivity index (χ2v) is 8.60. The van der Waals surface area contributed by atoms with Crippen LogP contribution in [0.3, 0.4) is 0 Å². The minimum absolute atomic E-state index is 0.477. The predicted molar refractivity (Wildman–Crippen MR) is 118 cm³/mol. The van der Waals surface area contributed by atoms with Crippen LogP contribution in [0, 0.1) is 6.92 Å². The molecule has 0 amide bonds. The zero-order valence-corrected chi connectivity index (χ0v) is 19.1. The van der Waals surface area contributed by atoms with E-state index in [0.29, 0.717) is 58.4 Å². The maximum atomic E-state index is 11.6. The van der Waals surface area contributed by atoms with Gasteiger partial charge in [0.1, 0.15) is 12.4 Å². The Morgan fingerprint density at radius 1 is 1.21 bits per heavy atom. The molecule has 0 saturated heterocycles. The van der Waals surface area contributed by atoms with Crippen molar-refractivity contribution in [1.82, 2.24) is 14.9 Å². The van der Waals surface area contributed by atoms with Gasteiger partial charge in [-0.1, -0.05) is 19.1 Å². The van der Waals surface area contributed by atoms with Crippen LogP contribution in [0.1, 0.15) is 31.4 Å². The smallest absolute Gasteiger partial charge is 0.211 e. The fourth-order valence-corrected chi connectivity index (χ4v) is 3.65. The van der Waals surface area contributed by atoms with E-state index in [2.05, 4.69) is 15.6 Å². The zero-order chi connectivity index (χ0) is 21.7. The molecule has 1 rings (SSSR count). The molecule has 8 nitrogen and oxygen atoms in total. The third-order valence-corrected chi connectivity index (χ3v) is 5.66. The number of aliphatic imine (C=N–C) groups is 1. The molecule has 0 fully saturated rings. The molecule has 1 aromatic carbocycles. The minimum atomic E-state index is -3.15. The number of ether oxygens (including phenoxy) is 2. The average Bonchev–Trinajstić information content (AvgIpc) is 2.67. The molecular formula is C20H36N4O4S. The van der Waals surface area contributed by atoms with Crippen molar-refractivity contribution in [1.29, 1.82) is 0 Å². The Morgan fingerprint density at radius 2 is 1.97 bits per heavy atom. The van der Waals surface area contributed by atoms with Gasteiger partial charge in [0.25, 0.3) is 0 Å². The molecule has 166 valence electrons. The molecule has 1 aromatic rings. The van der Waals surface area contributed by atoms with Gasteiger partial charge in [-0.15, -0.1) is 0 Å². The standard InChI is InChI=1S/C20H36N4O4S/c1-6-24(29(5,25)26)12-8-11-22-20(21-4)23-16-18-10-9-17(3)15-19(18)28-14-13-27-7-2/h9-10,15H,6-8,11-14,16H2,1-5H3,(H2,21,22,23). The first-order valence-corrected chi connectivity index (χ1v) is 11.9. The Hall–Kier alpha value is -1.84. The Bertz CT molecular complexity index is 738. The third kappa shape index (κ3) is 9.96. The van der Waals surface area contributed by atoms with Crippen molar-refractivity contribution in [3.8, 4) is 5.75 Å². The van der Waals surface area contributed by atoms with E-state index >= 15 is 0 Å². The molecule has 0 spiro atoms. The van der Waals surface area contributed by atoms with Crippen molar-refractivity contribution in [3.63, 3.8) is 0 Å². The van der Waals surface area contributed by atoms with E-state index in [1.54, 1.807) is 7.05 Å². The summed E-state index contributed by atoms with van der Waals surface area (Å²) < 4.78 is 35.9. The molecule has 0 bridgehead atoms. The largest absolute Gasteiger partial charge is 0.491 e. The lowest BCUT2D eigenvalue weighted by molar-refractivity contribution is 0.110. The summed E-state index contributed by atoms with van der Waals surface area (Å²) in [5.41, 5.74) is 2.17. The predicted octanol–water partition coefficient (Wildman–Crippen LogP) is 1.75. The van der Waals surface area contributed by atoms with Crippen LogP contribution < -0.4 is 15.4 Å². The van der Waals surface area contributed by atoms with Crippen LogP contribution in [-0.2, 0) is 21.3 Å². The van der Waals surface area contributed by atoms with Crippen molar-refractivity contribution in [2.24, 2.45) is 4.99 Å². The molecule has 2 N–H and O–H groups in total. The van der Waals surface area contributed by atoms with Crippen LogP contribution in [0.4, 0.5) is 0 Å². The monoisotopic (exact) mass is 428 g/mol. The molecule has 9 heteroatoms. The summed E-state index contributed by atoms with van der Waals surface area (Å²) in [5, 5.41) is 6.49. The molecule has 0 radical (unpaired) electrons. The van der Waals surface area contributed by atoms with Gasteiger partial charge < -0.3 is 20.1 Å². The van der Waals surface area contributed by atoms with E-state index in [9.17, 15) is 8.42 Å². The highest BCUT2D eigenvalue weighted by molar-refractivity contribution is 7.88. The number of nitrogens with one attached hydrogen (secondary N) is 2. The fourth-order valence-electron chi connectivity index (χ4n) is 2.72. The molecule has 0 aromatic heterocycles. The number of hydrogen-bond donors (Lipinski definition) is 2. The fraction of sp³-hybridized carbons (Fsp3) is 0.650. The molecule has 0 heterocycles. The van der Waals surface area contributed by atoms with Gasteiger partial charge in [-0.05, 0) is 31.9 Å². The summed E-state index contributed by atoms with van der Waals surface area (Å²) in [6.45, 7) is 9.71. The van der Waals surface area contributed by atoms with E-state index in [-0.39, 0.29) is 0 Å². The molecule has 29 heavy (non-hydrogen) atoms. The maximum absolute atomic E-state index is 11.6. The van der Waals surface area contributed by atoms with Gasteiger partial charge in [-0.3, -0.25) is 4.99 Å². The third-order valence-electron chi connectivity index (χ3n) is 4.28. The second kappa shape index (κ2) is 13.4. The van der Waals surface area contributed by atoms with Gasteiger partial charge in [0.15, 0.2) is 5.96 Å². The first-order valence-electron chi connectivity index (χ1n) is 10.0. The lowest BCUT2D eigenvalue weighted by Gasteiger charge is -2.18. The molecule has 0 atom stereocenters. The van der Waals surface area contributed by atoms with Crippen LogP contribution in [0.2, 0.25) is 0 Å². The van der Waals surface area contributed by atoms with Gasteiger partial charge >= 0.3 is 0 Å². The van der Waals surface area contributed by atoms with Crippen molar-refractivity contribution < 1.29 is 17.9 Å². The summed E-state index contributed by atoms with van der Waals surface area (Å²) >= 11 is 0. The first-order chi connectivity index (χ1) is 13.8. The van der Waals surface area contributed by atoms with Crippen molar-refractivity contribution in [3.05, 3.63) is 29.3 Å². The number of hydrogen-bond acceptors (Lipinski definition) is 5. The van der Waals surface area contributed by atoms with E-state index in [1.165, 1.54) is 10.6 Å². The Balaban J connectivity index is 2.51. The topological polar surface area (TPSA) is 92.3 Å². The van der Waals surface area contributed by atoms with Gasteiger partial charge in [-0.2, -0.15) is 0 Å². The summed E-state index contributed by atoms with van der Waals surface area (Å²) in [4.78, 5) is 4.22. The van der Waals surface area contributed by atoms with Gasteiger partial charge in [0.2, 0.25) is 10.0 Å². The number of sulfonamides is 1. The molecular weight excluding hydrogens is 392 g/mol. The van der Waals surface area contributed by atoms with Gasteiger partial charge in [-0.25, -0.2) is 12.7 Å². The van der Waals surface area contributed by atoms with Crippen LogP contribution in [0.25, 0.3) is 0 Å². The van der Waals surface area contributed by atoms with E-state index < -0.39 is 10.0 Å². The highest BCUT2D eigenvalue weighted by atomic mass is 32.2. The van der Waals surface area contributed by atoms with Gasteiger partial charge in [0.05, 0.1) is 12.9 Å². The van der Waals surface area contributed by atoms with E-state index in [1.807, 2.05) is 39.0 Å². The van der Waals surface area contributed by atoms with Crippen LogP contribution in [-0.4, -0.2) is 71.4 Å². The van der Waals surface area contributed by atoms with E-state index in [4.69, 9.17) is 9.47 Å². The number of nitrogens with zero attached hydrogens (tertiary/aromatic N) is 2. The normalized spacial score (nSPS) is 12.3. The van der Waals surface area contributed by atoms with Crippen molar-refractivity contribution in [2.75, 3.05) is 52.8 Å². The lowest BCUT2D eigenvalue weighted by Crippen LogP contribution is -2.39. The van der Waals surface area contributed by atoms with E-state index in [0.717, 1.165) is 16.9 Å². The minimum Gasteiger partial charge on any atom is -0.491 e. The van der Waals surface area contributed by atoms with Crippen LogP contribution in [0.15, 0.2) is 23.2 Å². The molecule has 0 aliphatic rings. The highest BCUT2D eigenvalue weighted by Crippen LogP contribution is 2.20.